The first-order chi connectivity index (χ1) is 15.0. The third kappa shape index (κ3) is 8.35. The number of ether oxygens (including phenoxy) is 3. The number of methoxy groups -OCH3 is 1. The van der Waals surface area contributed by atoms with Gasteiger partial charge in [0.05, 0.1) is 12.2 Å². The van der Waals surface area contributed by atoms with E-state index < -0.39 is 5.97 Å². The van der Waals surface area contributed by atoms with Crippen LogP contribution in [0.1, 0.15) is 57.0 Å². The lowest BCUT2D eigenvalue weighted by Gasteiger charge is -2.33. The van der Waals surface area contributed by atoms with Crippen LogP contribution in [-0.2, 0) is 19.7 Å². The summed E-state index contributed by atoms with van der Waals surface area (Å²) in [6, 6.07) is 14.4. The van der Waals surface area contributed by atoms with E-state index in [1.54, 1.807) is 31.4 Å². The lowest BCUT2D eigenvalue weighted by atomic mass is 9.72. The van der Waals surface area contributed by atoms with E-state index in [0.717, 1.165) is 6.42 Å². The average molecular weight is 442 g/mol. The summed E-state index contributed by atoms with van der Waals surface area (Å²) in [7, 11) is 1.54. The SMILES string of the molecule is COCCOC(=O)c1ccc(NC(=O)COc2ccc(C(C)(C)CC(C)(C)C)cc2)cc1. The van der Waals surface area contributed by atoms with E-state index in [4.69, 9.17) is 14.2 Å². The minimum atomic E-state index is -0.433. The summed E-state index contributed by atoms with van der Waals surface area (Å²) in [5.74, 6) is -0.0699. The molecular weight excluding hydrogens is 406 g/mol. The molecule has 0 aliphatic carbocycles. The Bertz CT molecular complexity index is 880. The highest BCUT2D eigenvalue weighted by molar-refractivity contribution is 5.93. The van der Waals surface area contributed by atoms with Crippen molar-refractivity contribution in [2.75, 3.05) is 32.2 Å². The molecule has 0 aliphatic rings. The van der Waals surface area contributed by atoms with Crippen molar-refractivity contribution in [1.29, 1.82) is 0 Å². The highest BCUT2D eigenvalue weighted by Crippen LogP contribution is 2.36. The standard InChI is InChI=1S/C26H35NO5/c1-25(2,3)18-26(4,5)20-9-13-22(14-10-20)32-17-23(28)27-21-11-7-19(8-12-21)24(29)31-16-15-30-6/h7-14H,15-18H2,1-6H3,(H,27,28). The zero-order valence-electron chi connectivity index (χ0n) is 20.0. The van der Waals surface area contributed by atoms with Crippen LogP contribution in [0.2, 0.25) is 0 Å². The number of carbonyl (C=O) groups excluding carboxylic acids is 2. The monoisotopic (exact) mass is 441 g/mol. The van der Waals surface area contributed by atoms with Gasteiger partial charge in [-0.15, -0.1) is 0 Å². The molecule has 2 aromatic carbocycles. The zero-order valence-corrected chi connectivity index (χ0v) is 20.0. The molecule has 0 aliphatic heterocycles. The molecule has 2 aromatic rings. The van der Waals surface area contributed by atoms with Crippen LogP contribution < -0.4 is 10.1 Å². The Balaban J connectivity index is 1.84. The lowest BCUT2D eigenvalue weighted by Crippen LogP contribution is -2.24. The number of esters is 1. The molecule has 0 spiro atoms. The molecule has 0 aromatic heterocycles. The number of rotatable bonds is 10. The first kappa shape index (κ1) is 25.4. The molecular formula is C26H35NO5. The van der Waals surface area contributed by atoms with Gasteiger partial charge in [-0.1, -0.05) is 46.8 Å². The lowest BCUT2D eigenvalue weighted by molar-refractivity contribution is -0.118. The van der Waals surface area contributed by atoms with Gasteiger partial charge in [-0.25, -0.2) is 4.79 Å². The van der Waals surface area contributed by atoms with E-state index >= 15 is 0 Å². The van der Waals surface area contributed by atoms with Crippen LogP contribution in [-0.4, -0.2) is 38.8 Å². The van der Waals surface area contributed by atoms with E-state index in [-0.39, 0.29) is 30.0 Å². The number of hydrogen-bond acceptors (Lipinski definition) is 5. The fraction of sp³-hybridized carbons (Fsp3) is 0.462. The zero-order chi connectivity index (χ0) is 23.8. The fourth-order valence-electron chi connectivity index (χ4n) is 3.77. The largest absolute Gasteiger partial charge is 0.484 e. The second-order valence-electron chi connectivity index (χ2n) is 9.69. The van der Waals surface area contributed by atoms with Gasteiger partial charge >= 0.3 is 5.97 Å². The number of anilines is 1. The van der Waals surface area contributed by atoms with Crippen LogP contribution in [0.25, 0.3) is 0 Å². The van der Waals surface area contributed by atoms with Crippen LogP contribution in [0.4, 0.5) is 5.69 Å². The fourth-order valence-corrected chi connectivity index (χ4v) is 3.77. The smallest absolute Gasteiger partial charge is 0.338 e. The summed E-state index contributed by atoms with van der Waals surface area (Å²) in [6.07, 6.45) is 1.06. The molecule has 0 bridgehead atoms. The average Bonchev–Trinajstić information content (AvgIpc) is 2.71. The molecule has 1 amide bonds. The minimum absolute atomic E-state index is 0.0521. The van der Waals surface area contributed by atoms with Gasteiger partial charge in [0.15, 0.2) is 6.61 Å². The third-order valence-corrected chi connectivity index (χ3v) is 4.90. The molecule has 0 saturated carbocycles. The molecule has 1 N–H and O–H groups in total. The molecule has 6 nitrogen and oxygen atoms in total. The van der Waals surface area contributed by atoms with Crippen LogP contribution in [0.5, 0.6) is 5.75 Å². The number of nitrogens with one attached hydrogen (secondary N) is 1. The van der Waals surface area contributed by atoms with Gasteiger partial charge in [-0.2, -0.15) is 0 Å². The Hall–Kier alpha value is -2.86. The molecule has 0 saturated heterocycles. The summed E-state index contributed by atoms with van der Waals surface area (Å²) >= 11 is 0. The van der Waals surface area contributed by atoms with Crippen molar-refractivity contribution >= 4 is 17.6 Å². The van der Waals surface area contributed by atoms with E-state index in [2.05, 4.69) is 52.1 Å². The van der Waals surface area contributed by atoms with Crippen molar-refractivity contribution in [3.63, 3.8) is 0 Å². The first-order valence-electron chi connectivity index (χ1n) is 10.8. The maximum absolute atomic E-state index is 12.2. The number of carbonyl (C=O) groups is 2. The third-order valence-electron chi connectivity index (χ3n) is 4.90. The maximum atomic E-state index is 12.2. The summed E-state index contributed by atoms with van der Waals surface area (Å²) in [5, 5.41) is 2.76. The molecule has 174 valence electrons. The maximum Gasteiger partial charge on any atom is 0.338 e. The quantitative estimate of drug-likeness (QED) is 0.404. The van der Waals surface area contributed by atoms with Crippen molar-refractivity contribution in [2.24, 2.45) is 5.41 Å². The molecule has 0 atom stereocenters. The molecule has 32 heavy (non-hydrogen) atoms. The first-order valence-corrected chi connectivity index (χ1v) is 10.8. The summed E-state index contributed by atoms with van der Waals surface area (Å²) < 4.78 is 15.5. The Morgan fingerprint density at radius 2 is 1.50 bits per heavy atom. The second kappa shape index (κ2) is 11.1. The van der Waals surface area contributed by atoms with Gasteiger partial charge in [-0.05, 0) is 59.2 Å². The van der Waals surface area contributed by atoms with E-state index in [1.165, 1.54) is 5.56 Å². The second-order valence-corrected chi connectivity index (χ2v) is 9.69. The molecule has 0 heterocycles. The molecule has 6 heteroatoms. The molecule has 0 fully saturated rings. The normalized spacial score (nSPS) is 11.7. The topological polar surface area (TPSA) is 73.9 Å². The number of hydrogen-bond donors (Lipinski definition) is 1. The highest BCUT2D eigenvalue weighted by atomic mass is 16.6. The van der Waals surface area contributed by atoms with Crippen LogP contribution in [0.3, 0.4) is 0 Å². The number of benzene rings is 2. The molecule has 0 unspecified atom stereocenters. The Kier molecular flexibility index (Phi) is 8.84. The summed E-state index contributed by atoms with van der Waals surface area (Å²) in [5.41, 5.74) is 2.51. The van der Waals surface area contributed by atoms with Gasteiger partial charge in [0, 0.05) is 12.8 Å². The summed E-state index contributed by atoms with van der Waals surface area (Å²) in [4.78, 5) is 24.1. The number of amides is 1. The predicted molar refractivity (Wildman–Crippen MR) is 126 cm³/mol. The van der Waals surface area contributed by atoms with Crippen molar-refractivity contribution in [1.82, 2.24) is 0 Å². The van der Waals surface area contributed by atoms with Gasteiger partial charge in [0.25, 0.3) is 5.91 Å². The minimum Gasteiger partial charge on any atom is -0.484 e. The van der Waals surface area contributed by atoms with Crippen LogP contribution in [0.15, 0.2) is 48.5 Å². The van der Waals surface area contributed by atoms with Gasteiger partial charge < -0.3 is 19.5 Å². The van der Waals surface area contributed by atoms with Crippen molar-refractivity contribution in [2.45, 2.75) is 46.5 Å². The van der Waals surface area contributed by atoms with Gasteiger partial charge in [-0.3, -0.25) is 4.79 Å². The summed E-state index contributed by atoms with van der Waals surface area (Å²) in [6.45, 7) is 11.6. The van der Waals surface area contributed by atoms with Crippen LogP contribution in [0, 0.1) is 5.41 Å². The highest BCUT2D eigenvalue weighted by Gasteiger charge is 2.27. The van der Waals surface area contributed by atoms with E-state index in [1.807, 2.05) is 12.1 Å². The van der Waals surface area contributed by atoms with E-state index in [0.29, 0.717) is 23.6 Å². The Morgan fingerprint density at radius 1 is 0.875 bits per heavy atom. The van der Waals surface area contributed by atoms with Gasteiger partial charge in [0.1, 0.15) is 12.4 Å². The Labute approximate surface area is 191 Å². The van der Waals surface area contributed by atoms with Crippen LogP contribution >= 0.6 is 0 Å². The van der Waals surface area contributed by atoms with E-state index in [9.17, 15) is 9.59 Å². The van der Waals surface area contributed by atoms with Crippen molar-refractivity contribution in [3.05, 3.63) is 59.7 Å². The Morgan fingerprint density at radius 3 is 2.06 bits per heavy atom. The predicted octanol–water partition coefficient (Wildman–Crippen LogP) is 5.22. The van der Waals surface area contributed by atoms with Gasteiger partial charge in [0.2, 0.25) is 0 Å². The molecule has 2 rings (SSSR count). The van der Waals surface area contributed by atoms with Crippen molar-refractivity contribution in [3.8, 4) is 5.75 Å². The molecule has 0 radical (unpaired) electrons. The van der Waals surface area contributed by atoms with Crippen molar-refractivity contribution < 1.29 is 23.8 Å².